The first-order chi connectivity index (χ1) is 11.1. The maximum atomic E-state index is 12.0. The van der Waals surface area contributed by atoms with Crippen LogP contribution in [0.15, 0.2) is 37.4 Å². The average Bonchev–Trinajstić information content (AvgIpc) is 2.57. The molecule has 1 aromatic rings. The molecule has 0 unspecified atom stereocenters. The number of nitrogens with one attached hydrogen (secondary N) is 3. The molecule has 23 heavy (non-hydrogen) atoms. The molecule has 0 aliphatic heterocycles. The second-order valence-electron chi connectivity index (χ2n) is 4.09. The first kappa shape index (κ1) is 18.2. The van der Waals surface area contributed by atoms with Crippen LogP contribution in [0, 0.1) is 0 Å². The quantitative estimate of drug-likeness (QED) is 0.179. The van der Waals surface area contributed by atoms with Gasteiger partial charge < -0.3 is 9.47 Å². The Morgan fingerprint density at radius 1 is 1.00 bits per heavy atom. The van der Waals surface area contributed by atoms with Gasteiger partial charge in [-0.3, -0.25) is 26.3 Å². The van der Waals surface area contributed by atoms with E-state index in [1.807, 2.05) is 11.0 Å². The molecular weight excluding hydrogens is 302 g/mol. The van der Waals surface area contributed by atoms with E-state index in [-0.39, 0.29) is 35.8 Å². The van der Waals surface area contributed by atoms with Crippen molar-refractivity contribution < 1.29 is 19.1 Å². The monoisotopic (exact) mass is 321 g/mol. The summed E-state index contributed by atoms with van der Waals surface area (Å²) in [5.41, 5.74) is 6.45. The Bertz CT molecular complexity index is 603. The molecule has 0 aromatic heterocycles. The van der Waals surface area contributed by atoms with Crippen molar-refractivity contribution in [2.75, 3.05) is 13.2 Å². The van der Waals surface area contributed by atoms with Crippen LogP contribution in [0.5, 0.6) is 11.5 Å². The molecule has 1 rings (SSSR count). The highest BCUT2D eigenvalue weighted by molar-refractivity contribution is 6.02. The predicted octanol–water partition coefficient (Wildman–Crippen LogP) is -0.472. The first-order valence-electron chi connectivity index (χ1n) is 6.51. The van der Waals surface area contributed by atoms with Gasteiger partial charge in [0.25, 0.3) is 11.8 Å². The summed E-state index contributed by atoms with van der Waals surface area (Å²) in [6.07, 6.45) is 2.96. The molecule has 0 bridgehead atoms. The lowest BCUT2D eigenvalue weighted by molar-refractivity contribution is 0.0921. The summed E-state index contributed by atoms with van der Waals surface area (Å²) in [5.74, 6) is 9.17. The van der Waals surface area contributed by atoms with Gasteiger partial charge in [-0.2, -0.15) is 5.53 Å². The minimum atomic E-state index is -0.601. The Balaban J connectivity index is 3.46. The molecule has 0 atom stereocenters. The number of benzene rings is 1. The van der Waals surface area contributed by atoms with Gasteiger partial charge >= 0.3 is 0 Å². The minimum Gasteiger partial charge on any atom is -0.485 e. The maximum Gasteiger partial charge on any atom is 0.270 e. The SMILES string of the molecule is C=CCOc1c(C(=O)NN)ccc(C(=O)NNN)c1OCC=C. The smallest absolute Gasteiger partial charge is 0.270 e. The fourth-order valence-electron chi connectivity index (χ4n) is 1.70. The molecule has 0 aliphatic rings. The third kappa shape index (κ3) is 4.54. The topological polar surface area (TPSA) is 141 Å². The third-order valence-corrected chi connectivity index (χ3v) is 2.61. The number of ether oxygens (including phenoxy) is 2. The second-order valence-corrected chi connectivity index (χ2v) is 4.09. The number of hydrogen-bond acceptors (Lipinski definition) is 7. The van der Waals surface area contributed by atoms with E-state index in [9.17, 15) is 9.59 Å². The second kappa shape index (κ2) is 9.20. The van der Waals surface area contributed by atoms with E-state index in [1.54, 1.807) is 0 Å². The van der Waals surface area contributed by atoms with Gasteiger partial charge in [-0.05, 0) is 12.1 Å². The molecule has 1 aromatic carbocycles. The van der Waals surface area contributed by atoms with E-state index in [4.69, 9.17) is 21.2 Å². The Morgan fingerprint density at radius 3 is 1.87 bits per heavy atom. The van der Waals surface area contributed by atoms with Crippen LogP contribution >= 0.6 is 0 Å². The molecule has 0 aliphatic carbocycles. The highest BCUT2D eigenvalue weighted by Gasteiger charge is 2.23. The summed E-state index contributed by atoms with van der Waals surface area (Å²) in [6, 6.07) is 2.77. The zero-order chi connectivity index (χ0) is 17.2. The highest BCUT2D eigenvalue weighted by atomic mass is 16.5. The summed E-state index contributed by atoms with van der Waals surface area (Å²) in [6.45, 7) is 7.26. The van der Waals surface area contributed by atoms with Crippen molar-refractivity contribution in [2.45, 2.75) is 0 Å². The standard InChI is InChI=1S/C14H19N5O4/c1-3-7-22-11-9(13(20)17-15)5-6-10(14(21)18-19-16)12(11)23-8-4-2/h3-6,19H,1-2,7-8,15-16H2,(H,17,20)(H,18,21). The van der Waals surface area contributed by atoms with Crippen LogP contribution in [0.2, 0.25) is 0 Å². The number of nitrogens with two attached hydrogens (primary N) is 2. The van der Waals surface area contributed by atoms with Crippen molar-refractivity contribution >= 4 is 11.8 Å². The van der Waals surface area contributed by atoms with Crippen molar-refractivity contribution in [3.8, 4) is 11.5 Å². The molecule has 0 heterocycles. The average molecular weight is 321 g/mol. The number of nitrogen functional groups attached to an aromatic ring is 1. The number of amides is 2. The summed E-state index contributed by atoms with van der Waals surface area (Å²) < 4.78 is 11.0. The molecule has 9 nitrogen and oxygen atoms in total. The lowest BCUT2D eigenvalue weighted by Crippen LogP contribution is -2.42. The number of carbonyl (C=O) groups excluding carboxylic acids is 2. The van der Waals surface area contributed by atoms with Crippen LogP contribution in [0.1, 0.15) is 20.7 Å². The zero-order valence-electron chi connectivity index (χ0n) is 12.4. The third-order valence-electron chi connectivity index (χ3n) is 2.61. The maximum absolute atomic E-state index is 12.0. The van der Waals surface area contributed by atoms with E-state index in [0.717, 1.165) is 0 Å². The predicted molar refractivity (Wildman–Crippen MR) is 84.3 cm³/mol. The van der Waals surface area contributed by atoms with Crippen LogP contribution in [-0.4, -0.2) is 25.0 Å². The first-order valence-corrected chi connectivity index (χ1v) is 6.51. The number of carbonyl (C=O) groups is 2. The molecule has 0 saturated carbocycles. The van der Waals surface area contributed by atoms with Crippen molar-refractivity contribution in [2.24, 2.45) is 11.7 Å². The zero-order valence-corrected chi connectivity index (χ0v) is 12.4. The van der Waals surface area contributed by atoms with E-state index in [2.05, 4.69) is 18.6 Å². The van der Waals surface area contributed by atoms with E-state index < -0.39 is 11.8 Å². The molecule has 0 saturated heterocycles. The fraction of sp³-hybridized carbons (Fsp3) is 0.143. The van der Waals surface area contributed by atoms with Crippen molar-refractivity contribution in [3.63, 3.8) is 0 Å². The van der Waals surface area contributed by atoms with Crippen molar-refractivity contribution in [1.82, 2.24) is 16.4 Å². The van der Waals surface area contributed by atoms with Gasteiger partial charge in [0.1, 0.15) is 13.2 Å². The molecule has 9 heteroatoms. The molecular formula is C14H19N5O4. The van der Waals surface area contributed by atoms with Crippen LogP contribution < -0.4 is 37.5 Å². The van der Waals surface area contributed by atoms with Crippen LogP contribution in [0.3, 0.4) is 0 Å². The van der Waals surface area contributed by atoms with Crippen molar-refractivity contribution in [1.29, 1.82) is 0 Å². The highest BCUT2D eigenvalue weighted by Crippen LogP contribution is 2.35. The van der Waals surface area contributed by atoms with E-state index >= 15 is 0 Å². The fourth-order valence-corrected chi connectivity index (χ4v) is 1.70. The molecule has 0 spiro atoms. The Labute approximate surface area is 133 Å². The molecule has 7 N–H and O–H groups in total. The van der Waals surface area contributed by atoms with Gasteiger partial charge in [0, 0.05) is 0 Å². The van der Waals surface area contributed by atoms with Gasteiger partial charge in [-0.25, -0.2) is 5.84 Å². The number of rotatable bonds is 9. The number of hydrogen-bond donors (Lipinski definition) is 5. The number of hydrazine groups is 3. The lowest BCUT2D eigenvalue weighted by Gasteiger charge is -2.17. The van der Waals surface area contributed by atoms with Gasteiger partial charge in [0.2, 0.25) is 0 Å². The van der Waals surface area contributed by atoms with Crippen LogP contribution in [0.4, 0.5) is 0 Å². The van der Waals surface area contributed by atoms with Crippen molar-refractivity contribution in [3.05, 3.63) is 48.6 Å². The van der Waals surface area contributed by atoms with Crippen LogP contribution in [0.25, 0.3) is 0 Å². The van der Waals surface area contributed by atoms with E-state index in [0.29, 0.717) is 0 Å². The Kier molecular flexibility index (Phi) is 7.27. The Morgan fingerprint density at radius 2 is 1.48 bits per heavy atom. The summed E-state index contributed by atoms with van der Waals surface area (Å²) in [7, 11) is 0. The van der Waals surface area contributed by atoms with E-state index in [1.165, 1.54) is 24.3 Å². The normalized spacial score (nSPS) is 9.65. The lowest BCUT2D eigenvalue weighted by atomic mass is 10.1. The van der Waals surface area contributed by atoms with Crippen LogP contribution in [-0.2, 0) is 0 Å². The molecule has 0 radical (unpaired) electrons. The van der Waals surface area contributed by atoms with Gasteiger partial charge in [0.05, 0.1) is 11.1 Å². The summed E-state index contributed by atoms with van der Waals surface area (Å²) in [4.78, 5) is 23.9. The largest absolute Gasteiger partial charge is 0.485 e. The Hall–Kier alpha value is -2.88. The molecule has 0 fully saturated rings. The minimum absolute atomic E-state index is 0.0550. The van der Waals surface area contributed by atoms with Gasteiger partial charge in [-0.1, -0.05) is 25.3 Å². The van der Waals surface area contributed by atoms with Gasteiger partial charge in [-0.15, -0.1) is 0 Å². The molecule has 2 amide bonds. The van der Waals surface area contributed by atoms with Gasteiger partial charge in [0.15, 0.2) is 11.5 Å². The summed E-state index contributed by atoms with van der Waals surface area (Å²) in [5, 5.41) is 0. The summed E-state index contributed by atoms with van der Waals surface area (Å²) >= 11 is 0. The molecule has 124 valence electrons.